The molecule has 64 valence electrons. The summed E-state index contributed by atoms with van der Waals surface area (Å²) < 4.78 is 0.723. The molecular weight excluding hydrogens is 190 g/mol. The summed E-state index contributed by atoms with van der Waals surface area (Å²) in [6, 6.07) is 6.78. The van der Waals surface area contributed by atoms with Crippen molar-refractivity contribution >= 4 is 34.0 Å². The van der Waals surface area contributed by atoms with Gasteiger partial charge >= 0.3 is 0 Å². The van der Waals surface area contributed by atoms with E-state index in [0.717, 1.165) is 10.0 Å². The van der Waals surface area contributed by atoms with Gasteiger partial charge in [0.05, 0.1) is 0 Å². The lowest BCUT2D eigenvalue weighted by atomic mass is 10.3. The molecule has 0 bridgehead atoms. The Balaban J connectivity index is 2.64. The zero-order chi connectivity index (χ0) is 8.97. The van der Waals surface area contributed by atoms with Crippen molar-refractivity contribution in [2.75, 3.05) is 11.6 Å². The van der Waals surface area contributed by atoms with Crippen molar-refractivity contribution in [2.24, 2.45) is 0 Å². The summed E-state index contributed by atoms with van der Waals surface area (Å²) in [5, 5.41) is 12.0. The maximum absolute atomic E-state index is 8.98. The van der Waals surface area contributed by atoms with Gasteiger partial charge < -0.3 is 10.4 Å². The number of hydrogen-bond donors (Lipinski definition) is 2. The minimum absolute atomic E-state index is 0.260. The quantitative estimate of drug-likeness (QED) is 0.537. The molecule has 0 unspecified atom stereocenters. The molecule has 0 fully saturated rings. The van der Waals surface area contributed by atoms with Gasteiger partial charge in [-0.2, -0.15) is 0 Å². The van der Waals surface area contributed by atoms with Gasteiger partial charge in [-0.15, -0.1) is 11.8 Å². The number of benzene rings is 1. The van der Waals surface area contributed by atoms with Crippen LogP contribution in [0.25, 0.3) is 0 Å². The molecule has 0 heterocycles. The van der Waals surface area contributed by atoms with Crippen LogP contribution in [-0.4, -0.2) is 15.7 Å². The number of phenolic OH excluding ortho intramolecular Hbond substituents is 1. The number of anilines is 1. The van der Waals surface area contributed by atoms with Gasteiger partial charge in [-0.25, -0.2) is 0 Å². The van der Waals surface area contributed by atoms with Crippen LogP contribution < -0.4 is 5.32 Å². The molecule has 0 atom stereocenters. The van der Waals surface area contributed by atoms with Crippen molar-refractivity contribution in [1.29, 1.82) is 0 Å². The maximum atomic E-state index is 8.98. The van der Waals surface area contributed by atoms with Gasteiger partial charge in [0.1, 0.15) is 10.1 Å². The number of thioether (sulfide) groups is 1. The van der Waals surface area contributed by atoms with Crippen LogP contribution in [0.2, 0.25) is 0 Å². The zero-order valence-electron chi connectivity index (χ0n) is 6.57. The predicted molar refractivity (Wildman–Crippen MR) is 57.8 cm³/mol. The van der Waals surface area contributed by atoms with Crippen molar-refractivity contribution in [3.8, 4) is 5.75 Å². The molecule has 0 aliphatic carbocycles. The molecule has 0 spiro atoms. The summed E-state index contributed by atoms with van der Waals surface area (Å²) in [6.07, 6.45) is 1.91. The SMILES string of the molecule is CSC(=S)Nc1ccc(O)cc1. The second-order valence-corrected chi connectivity index (χ2v) is 3.65. The fourth-order valence-corrected chi connectivity index (χ4v) is 1.05. The van der Waals surface area contributed by atoms with Gasteiger partial charge in [0.15, 0.2) is 0 Å². The first-order valence-electron chi connectivity index (χ1n) is 3.36. The number of phenols is 1. The fraction of sp³-hybridized carbons (Fsp3) is 0.125. The smallest absolute Gasteiger partial charge is 0.137 e. The lowest BCUT2D eigenvalue weighted by Crippen LogP contribution is -2.02. The maximum Gasteiger partial charge on any atom is 0.137 e. The predicted octanol–water partition coefficient (Wildman–Crippen LogP) is 2.45. The van der Waals surface area contributed by atoms with Gasteiger partial charge in [0, 0.05) is 5.69 Å². The molecule has 0 aromatic heterocycles. The molecule has 1 rings (SSSR count). The van der Waals surface area contributed by atoms with Crippen LogP contribution in [0.5, 0.6) is 5.75 Å². The monoisotopic (exact) mass is 199 g/mol. The van der Waals surface area contributed by atoms with Crippen molar-refractivity contribution in [1.82, 2.24) is 0 Å². The average molecular weight is 199 g/mol. The average Bonchev–Trinajstić information content (AvgIpc) is 2.09. The van der Waals surface area contributed by atoms with E-state index >= 15 is 0 Å². The number of hydrogen-bond acceptors (Lipinski definition) is 3. The lowest BCUT2D eigenvalue weighted by molar-refractivity contribution is 0.475. The Hall–Kier alpha value is -0.740. The van der Waals surface area contributed by atoms with Gasteiger partial charge in [-0.3, -0.25) is 0 Å². The Labute approximate surface area is 81.0 Å². The highest BCUT2D eigenvalue weighted by atomic mass is 32.2. The first-order chi connectivity index (χ1) is 5.72. The second kappa shape index (κ2) is 4.33. The second-order valence-electron chi connectivity index (χ2n) is 2.16. The van der Waals surface area contributed by atoms with E-state index in [4.69, 9.17) is 17.3 Å². The van der Waals surface area contributed by atoms with Crippen LogP contribution in [0.3, 0.4) is 0 Å². The first-order valence-corrected chi connectivity index (χ1v) is 4.99. The fourth-order valence-electron chi connectivity index (χ4n) is 0.714. The molecular formula is C8H9NOS2. The van der Waals surface area contributed by atoms with Crippen LogP contribution in [0.1, 0.15) is 0 Å². The van der Waals surface area contributed by atoms with Gasteiger partial charge in [-0.1, -0.05) is 12.2 Å². The van der Waals surface area contributed by atoms with E-state index in [1.807, 2.05) is 6.26 Å². The van der Waals surface area contributed by atoms with Crippen LogP contribution in [0.15, 0.2) is 24.3 Å². The Bertz CT molecular complexity index is 271. The molecule has 0 radical (unpaired) electrons. The molecule has 0 amide bonds. The number of thiocarbonyl (C=S) groups is 1. The van der Waals surface area contributed by atoms with Crippen LogP contribution in [-0.2, 0) is 0 Å². The highest BCUT2D eigenvalue weighted by Crippen LogP contribution is 2.15. The highest BCUT2D eigenvalue weighted by Gasteiger charge is 1.94. The standard InChI is InChI=1S/C8H9NOS2/c1-12-8(11)9-6-2-4-7(10)5-3-6/h2-5,10H,1H3,(H,9,11). The third-order valence-electron chi connectivity index (χ3n) is 1.30. The molecule has 4 heteroatoms. The summed E-state index contributed by atoms with van der Waals surface area (Å²) in [6.45, 7) is 0. The third-order valence-corrected chi connectivity index (χ3v) is 2.37. The summed E-state index contributed by atoms with van der Waals surface area (Å²) >= 11 is 6.44. The van der Waals surface area contributed by atoms with E-state index in [1.54, 1.807) is 24.3 Å². The number of rotatable bonds is 1. The van der Waals surface area contributed by atoms with Crippen molar-refractivity contribution < 1.29 is 5.11 Å². The van der Waals surface area contributed by atoms with Crippen molar-refractivity contribution in [3.05, 3.63) is 24.3 Å². The Morgan fingerprint density at radius 2 is 2.00 bits per heavy atom. The summed E-state index contributed by atoms with van der Waals surface area (Å²) in [7, 11) is 0. The minimum atomic E-state index is 0.260. The minimum Gasteiger partial charge on any atom is -0.508 e. The molecule has 2 N–H and O–H groups in total. The molecule has 12 heavy (non-hydrogen) atoms. The van der Waals surface area contributed by atoms with E-state index in [9.17, 15) is 0 Å². The van der Waals surface area contributed by atoms with E-state index in [-0.39, 0.29) is 5.75 Å². The van der Waals surface area contributed by atoms with Crippen LogP contribution in [0, 0.1) is 0 Å². The molecule has 1 aromatic carbocycles. The Morgan fingerprint density at radius 1 is 1.42 bits per heavy atom. The van der Waals surface area contributed by atoms with Crippen LogP contribution >= 0.6 is 24.0 Å². The van der Waals surface area contributed by atoms with E-state index in [1.165, 1.54) is 11.8 Å². The highest BCUT2D eigenvalue weighted by molar-refractivity contribution is 8.22. The Kier molecular flexibility index (Phi) is 3.37. The molecule has 2 nitrogen and oxygen atoms in total. The van der Waals surface area contributed by atoms with Gasteiger partial charge in [-0.05, 0) is 30.5 Å². The number of nitrogens with one attached hydrogen (secondary N) is 1. The van der Waals surface area contributed by atoms with E-state index in [2.05, 4.69) is 5.32 Å². The molecule has 0 aliphatic heterocycles. The first kappa shape index (κ1) is 9.35. The summed E-state index contributed by atoms with van der Waals surface area (Å²) in [4.78, 5) is 0. The van der Waals surface area contributed by atoms with Crippen molar-refractivity contribution in [3.63, 3.8) is 0 Å². The van der Waals surface area contributed by atoms with Gasteiger partial charge in [0.2, 0.25) is 0 Å². The molecule has 0 saturated carbocycles. The van der Waals surface area contributed by atoms with E-state index in [0.29, 0.717) is 0 Å². The molecule has 0 aliphatic rings. The molecule has 1 aromatic rings. The summed E-state index contributed by atoms with van der Waals surface area (Å²) in [5.74, 6) is 0.260. The number of aromatic hydroxyl groups is 1. The lowest BCUT2D eigenvalue weighted by Gasteiger charge is -2.04. The topological polar surface area (TPSA) is 32.3 Å². The normalized spacial score (nSPS) is 9.42. The van der Waals surface area contributed by atoms with Crippen LogP contribution in [0.4, 0.5) is 5.69 Å². The zero-order valence-corrected chi connectivity index (χ0v) is 8.21. The Morgan fingerprint density at radius 3 is 2.50 bits per heavy atom. The summed E-state index contributed by atoms with van der Waals surface area (Å²) in [5.41, 5.74) is 0.896. The van der Waals surface area contributed by atoms with E-state index < -0.39 is 0 Å². The largest absolute Gasteiger partial charge is 0.508 e. The molecule has 0 saturated heterocycles. The third kappa shape index (κ3) is 2.71. The van der Waals surface area contributed by atoms with Gasteiger partial charge in [0.25, 0.3) is 0 Å². The van der Waals surface area contributed by atoms with Crippen molar-refractivity contribution in [2.45, 2.75) is 0 Å².